The number of hydrogen-bond donors (Lipinski definition) is 0. The van der Waals surface area contributed by atoms with E-state index in [1.165, 1.54) is 4.88 Å². The number of halogens is 3. The molecule has 2 nitrogen and oxygen atoms in total. The summed E-state index contributed by atoms with van der Waals surface area (Å²) in [6.45, 7) is 4.10. The van der Waals surface area contributed by atoms with Crippen molar-refractivity contribution in [2.45, 2.75) is 26.7 Å². The Balaban J connectivity index is 2.47. The van der Waals surface area contributed by atoms with E-state index in [0.29, 0.717) is 16.1 Å². The number of hydrogen-bond acceptors (Lipinski definition) is 3. The van der Waals surface area contributed by atoms with Crippen molar-refractivity contribution in [3.05, 3.63) is 31.3 Å². The van der Waals surface area contributed by atoms with E-state index in [1.807, 2.05) is 13.0 Å². The highest BCUT2D eigenvalue weighted by molar-refractivity contribution is 9.10. The zero-order chi connectivity index (χ0) is 13.3. The van der Waals surface area contributed by atoms with Gasteiger partial charge in [0, 0.05) is 14.9 Å². The molecule has 0 aliphatic heterocycles. The fourth-order valence-corrected chi connectivity index (χ4v) is 3.61. The molecular weight excluding hydrogens is 355 g/mol. The first-order valence-corrected chi connectivity index (χ1v) is 7.87. The van der Waals surface area contributed by atoms with Gasteiger partial charge in [0.05, 0.1) is 4.88 Å². The number of rotatable bonds is 3. The maximum atomic E-state index is 6.17. The highest BCUT2D eigenvalue weighted by atomic mass is 79.9. The molecule has 2 aromatic heterocycles. The van der Waals surface area contributed by atoms with Crippen LogP contribution in [0.25, 0.3) is 10.7 Å². The van der Waals surface area contributed by atoms with Gasteiger partial charge in [0.1, 0.15) is 10.3 Å². The lowest BCUT2D eigenvalue weighted by Crippen LogP contribution is -1.96. The van der Waals surface area contributed by atoms with E-state index in [-0.39, 0.29) is 0 Å². The van der Waals surface area contributed by atoms with Gasteiger partial charge in [-0.2, -0.15) is 0 Å². The lowest BCUT2D eigenvalue weighted by Gasteiger charge is -2.06. The van der Waals surface area contributed by atoms with Crippen molar-refractivity contribution in [2.24, 2.45) is 0 Å². The molecule has 0 spiro atoms. The average molecular weight is 366 g/mol. The summed E-state index contributed by atoms with van der Waals surface area (Å²) in [4.78, 5) is 10.8. The van der Waals surface area contributed by atoms with Gasteiger partial charge in [0.15, 0.2) is 5.82 Å². The van der Waals surface area contributed by atoms with Crippen LogP contribution in [0.15, 0.2) is 10.5 Å². The molecule has 0 aliphatic carbocycles. The van der Waals surface area contributed by atoms with Gasteiger partial charge in [0.25, 0.3) is 0 Å². The van der Waals surface area contributed by atoms with Crippen LogP contribution in [0.5, 0.6) is 0 Å². The van der Waals surface area contributed by atoms with Crippen LogP contribution in [-0.2, 0) is 6.42 Å². The molecule has 2 heterocycles. The van der Waals surface area contributed by atoms with E-state index in [1.54, 1.807) is 11.3 Å². The molecule has 0 bridgehead atoms. The molecule has 0 radical (unpaired) electrons. The Morgan fingerprint density at radius 1 is 1.28 bits per heavy atom. The minimum absolute atomic E-state index is 0.453. The first-order valence-electron chi connectivity index (χ1n) is 5.51. The van der Waals surface area contributed by atoms with Crippen molar-refractivity contribution in [2.75, 3.05) is 0 Å². The largest absolute Gasteiger partial charge is 0.215 e. The molecule has 0 unspecified atom stereocenters. The summed E-state index contributed by atoms with van der Waals surface area (Å²) in [7, 11) is 0. The monoisotopic (exact) mass is 364 g/mol. The van der Waals surface area contributed by atoms with Gasteiger partial charge >= 0.3 is 0 Å². The second kappa shape index (κ2) is 5.87. The van der Waals surface area contributed by atoms with Crippen molar-refractivity contribution < 1.29 is 0 Å². The highest BCUT2D eigenvalue weighted by Gasteiger charge is 2.14. The Labute approximate surface area is 129 Å². The molecule has 0 saturated carbocycles. The van der Waals surface area contributed by atoms with Crippen LogP contribution in [0.1, 0.15) is 23.8 Å². The third-order valence-corrected chi connectivity index (χ3v) is 5.24. The second-order valence-electron chi connectivity index (χ2n) is 3.87. The van der Waals surface area contributed by atoms with E-state index in [4.69, 9.17) is 23.2 Å². The molecule has 2 rings (SSSR count). The van der Waals surface area contributed by atoms with Crippen molar-refractivity contribution >= 4 is 50.5 Å². The van der Waals surface area contributed by atoms with Crippen LogP contribution in [0, 0.1) is 6.92 Å². The van der Waals surface area contributed by atoms with Gasteiger partial charge in [-0.15, -0.1) is 11.3 Å². The zero-order valence-corrected chi connectivity index (χ0v) is 13.8. The molecule has 0 amide bonds. The maximum Gasteiger partial charge on any atom is 0.172 e. The first kappa shape index (κ1) is 14.3. The van der Waals surface area contributed by atoms with Crippen molar-refractivity contribution in [1.29, 1.82) is 0 Å². The van der Waals surface area contributed by atoms with E-state index < -0.39 is 0 Å². The molecule has 0 saturated heterocycles. The Kier molecular flexibility index (Phi) is 4.64. The van der Waals surface area contributed by atoms with Crippen LogP contribution >= 0.6 is 50.5 Å². The highest BCUT2D eigenvalue weighted by Crippen LogP contribution is 2.34. The summed E-state index contributed by atoms with van der Waals surface area (Å²) in [5.74, 6) is 0.587. The summed E-state index contributed by atoms with van der Waals surface area (Å²) < 4.78 is 1.05. The van der Waals surface area contributed by atoms with Crippen LogP contribution < -0.4 is 0 Å². The SMILES string of the molecule is CCCc1c(Cl)nc(-c2cc(Br)c(C)s2)nc1Cl. The quantitative estimate of drug-likeness (QED) is 0.667. The second-order valence-corrected chi connectivity index (χ2v) is 6.70. The molecule has 0 N–H and O–H groups in total. The van der Waals surface area contributed by atoms with Gasteiger partial charge in [-0.1, -0.05) is 36.5 Å². The molecule has 0 atom stereocenters. The summed E-state index contributed by atoms with van der Waals surface area (Å²) in [5.41, 5.74) is 0.830. The lowest BCUT2D eigenvalue weighted by atomic mass is 10.2. The minimum atomic E-state index is 0.453. The van der Waals surface area contributed by atoms with Crippen LogP contribution in [0.3, 0.4) is 0 Å². The van der Waals surface area contributed by atoms with Gasteiger partial charge in [-0.05, 0) is 35.3 Å². The number of nitrogens with zero attached hydrogens (tertiary/aromatic N) is 2. The number of thiophene rings is 1. The van der Waals surface area contributed by atoms with Crippen LogP contribution in [0.2, 0.25) is 10.3 Å². The molecule has 6 heteroatoms. The Morgan fingerprint density at radius 3 is 2.33 bits per heavy atom. The van der Waals surface area contributed by atoms with E-state index >= 15 is 0 Å². The molecule has 96 valence electrons. The van der Waals surface area contributed by atoms with Crippen LogP contribution in [0.4, 0.5) is 0 Å². The molecule has 0 aliphatic rings. The first-order chi connectivity index (χ1) is 8.52. The van der Waals surface area contributed by atoms with Crippen molar-refractivity contribution in [1.82, 2.24) is 9.97 Å². The molecule has 18 heavy (non-hydrogen) atoms. The van der Waals surface area contributed by atoms with Gasteiger partial charge in [-0.3, -0.25) is 0 Å². The standard InChI is InChI=1S/C12H11BrCl2N2S/c1-3-4-7-10(14)16-12(17-11(7)15)9-5-8(13)6(2)18-9/h5H,3-4H2,1-2H3. The molecule has 0 aromatic carbocycles. The molecule has 0 fully saturated rings. The number of aromatic nitrogens is 2. The topological polar surface area (TPSA) is 25.8 Å². The van der Waals surface area contributed by atoms with E-state index in [9.17, 15) is 0 Å². The van der Waals surface area contributed by atoms with Gasteiger partial charge in [0.2, 0.25) is 0 Å². The Morgan fingerprint density at radius 2 is 1.89 bits per heavy atom. The predicted octanol–water partition coefficient (Wildman–Crippen LogP) is 5.54. The average Bonchev–Trinajstić information content (AvgIpc) is 2.64. The van der Waals surface area contributed by atoms with Crippen molar-refractivity contribution in [3.63, 3.8) is 0 Å². The Bertz CT molecular complexity index is 541. The predicted molar refractivity (Wildman–Crippen MR) is 81.8 cm³/mol. The zero-order valence-electron chi connectivity index (χ0n) is 9.93. The van der Waals surface area contributed by atoms with Crippen LogP contribution in [-0.4, -0.2) is 9.97 Å². The van der Waals surface area contributed by atoms with Gasteiger partial charge < -0.3 is 0 Å². The molecular formula is C12H11BrCl2N2S. The fraction of sp³-hybridized carbons (Fsp3) is 0.333. The normalized spacial score (nSPS) is 10.9. The number of aryl methyl sites for hydroxylation is 1. The Hall–Kier alpha value is -0.160. The van der Waals surface area contributed by atoms with Crippen molar-refractivity contribution in [3.8, 4) is 10.7 Å². The van der Waals surface area contributed by atoms with E-state index in [2.05, 4.69) is 32.8 Å². The maximum absolute atomic E-state index is 6.17. The van der Waals surface area contributed by atoms with E-state index in [0.717, 1.165) is 27.8 Å². The smallest absolute Gasteiger partial charge is 0.172 e. The lowest BCUT2D eigenvalue weighted by molar-refractivity contribution is 0.903. The summed E-state index contributed by atoms with van der Waals surface area (Å²) in [5, 5.41) is 0.906. The molecule has 2 aromatic rings. The third kappa shape index (κ3) is 2.87. The third-order valence-electron chi connectivity index (χ3n) is 2.48. The fourth-order valence-electron chi connectivity index (χ4n) is 1.57. The summed E-state index contributed by atoms with van der Waals surface area (Å²) in [6, 6.07) is 1.99. The summed E-state index contributed by atoms with van der Waals surface area (Å²) >= 11 is 17.4. The van der Waals surface area contributed by atoms with Gasteiger partial charge in [-0.25, -0.2) is 9.97 Å². The minimum Gasteiger partial charge on any atom is -0.215 e. The summed E-state index contributed by atoms with van der Waals surface area (Å²) in [6.07, 6.45) is 1.76.